The monoisotopic (exact) mass is 450 g/mol. The van der Waals surface area contributed by atoms with Gasteiger partial charge in [-0.25, -0.2) is 0 Å². The van der Waals surface area contributed by atoms with Gasteiger partial charge < -0.3 is 5.32 Å². The molecule has 0 radical (unpaired) electrons. The minimum absolute atomic E-state index is 0.256. The highest BCUT2D eigenvalue weighted by Crippen LogP contribution is 2.65. The molecular weight excluding hydrogens is 412 g/mol. The quantitative estimate of drug-likeness (QED) is 0.567. The Morgan fingerprint density at radius 2 is 1.57 bits per heavy atom. The van der Waals surface area contributed by atoms with Crippen LogP contribution >= 0.6 is 15.9 Å². The van der Waals surface area contributed by atoms with Crippen molar-refractivity contribution in [2.75, 3.05) is 19.6 Å². The highest BCUT2D eigenvalue weighted by molar-refractivity contribution is 9.10. The van der Waals surface area contributed by atoms with Gasteiger partial charge in [-0.15, -0.1) is 0 Å². The van der Waals surface area contributed by atoms with Crippen molar-refractivity contribution < 1.29 is 4.79 Å². The number of piperidine rings is 1. The van der Waals surface area contributed by atoms with Crippen molar-refractivity contribution in [1.29, 1.82) is 0 Å². The average Bonchev–Trinajstić information content (AvgIpc) is 2.65. The minimum Gasteiger partial charge on any atom is -0.354 e. The fourth-order valence-corrected chi connectivity index (χ4v) is 9.90. The van der Waals surface area contributed by atoms with Gasteiger partial charge in [0.25, 0.3) is 0 Å². The lowest BCUT2D eigenvalue weighted by atomic mass is 9.48. The van der Waals surface area contributed by atoms with E-state index in [2.05, 4.69) is 26.1 Å². The van der Waals surface area contributed by atoms with Gasteiger partial charge in [0.2, 0.25) is 5.91 Å². The molecule has 5 saturated carbocycles. The molecule has 28 heavy (non-hydrogen) atoms. The number of nitrogens with one attached hydrogen (secondary N) is 1. The first kappa shape index (κ1) is 19.8. The maximum absolute atomic E-state index is 13.2. The number of carbonyl (C=O) groups excluding carboxylic acids is 1. The van der Waals surface area contributed by atoms with E-state index in [0.717, 1.165) is 24.8 Å². The highest BCUT2D eigenvalue weighted by atomic mass is 79.9. The maximum Gasteiger partial charge on any atom is 0.220 e. The molecular formula is C24H39BrN2O. The third-order valence-corrected chi connectivity index (χ3v) is 10.0. The van der Waals surface area contributed by atoms with E-state index in [9.17, 15) is 4.79 Å². The molecule has 6 fully saturated rings. The summed E-state index contributed by atoms with van der Waals surface area (Å²) in [6.07, 6.45) is 19.5. The largest absolute Gasteiger partial charge is 0.354 e. The first-order valence-electron chi connectivity index (χ1n) is 12.2. The van der Waals surface area contributed by atoms with Crippen LogP contribution in [0.2, 0.25) is 0 Å². The summed E-state index contributed by atoms with van der Waals surface area (Å²) in [7, 11) is 0. The molecule has 0 spiro atoms. The first-order chi connectivity index (χ1) is 13.5. The van der Waals surface area contributed by atoms with Crippen molar-refractivity contribution in [2.24, 2.45) is 17.3 Å². The summed E-state index contributed by atoms with van der Waals surface area (Å²) in [5.41, 5.74) is 0.551. The Labute approximate surface area is 179 Å². The van der Waals surface area contributed by atoms with Crippen molar-refractivity contribution in [1.82, 2.24) is 10.2 Å². The van der Waals surface area contributed by atoms with Gasteiger partial charge in [0, 0.05) is 22.8 Å². The molecule has 5 aliphatic carbocycles. The summed E-state index contributed by atoms with van der Waals surface area (Å²) in [5, 5.41) is 3.48. The zero-order valence-corrected chi connectivity index (χ0v) is 19.2. The summed E-state index contributed by atoms with van der Waals surface area (Å²) < 4.78 is 0.357. The van der Waals surface area contributed by atoms with Crippen LogP contribution in [0.1, 0.15) is 96.3 Å². The Morgan fingerprint density at radius 1 is 0.929 bits per heavy atom. The smallest absolute Gasteiger partial charge is 0.220 e. The number of halogens is 1. The normalized spacial score (nSPS) is 42.5. The average molecular weight is 451 g/mol. The van der Waals surface area contributed by atoms with Gasteiger partial charge in [0.05, 0.1) is 0 Å². The molecule has 3 nitrogen and oxygen atoms in total. The number of amides is 1. The Kier molecular flexibility index (Phi) is 5.35. The number of alkyl halides is 1. The number of hydrogen-bond acceptors (Lipinski definition) is 2. The lowest BCUT2D eigenvalue weighted by Gasteiger charge is -2.60. The van der Waals surface area contributed by atoms with Crippen LogP contribution in [0.5, 0.6) is 0 Å². The first-order valence-corrected chi connectivity index (χ1v) is 13.0. The van der Waals surface area contributed by atoms with E-state index in [4.69, 9.17) is 0 Å². The summed E-state index contributed by atoms with van der Waals surface area (Å²) >= 11 is 4.11. The second kappa shape index (κ2) is 7.55. The minimum atomic E-state index is 0.256. The summed E-state index contributed by atoms with van der Waals surface area (Å²) in [6, 6.07) is 0. The molecule has 1 saturated heterocycles. The van der Waals surface area contributed by atoms with Crippen LogP contribution < -0.4 is 5.32 Å². The van der Waals surface area contributed by atoms with Crippen LogP contribution in [0.3, 0.4) is 0 Å². The maximum atomic E-state index is 13.2. The zero-order chi connectivity index (χ0) is 19.2. The number of rotatable bonds is 5. The highest BCUT2D eigenvalue weighted by Gasteiger charge is 2.57. The summed E-state index contributed by atoms with van der Waals surface area (Å²) in [4.78, 5) is 15.9. The van der Waals surface area contributed by atoms with Gasteiger partial charge in [-0.05, 0) is 94.5 Å². The Balaban J connectivity index is 1.23. The molecule has 6 aliphatic rings. The topological polar surface area (TPSA) is 32.3 Å². The number of likely N-dealkylation sites (tertiary alicyclic amines) is 1. The van der Waals surface area contributed by atoms with E-state index < -0.39 is 0 Å². The SMILES string of the molecule is O=C(CC12C[C@H]3C[C@@H](CC(Br)(C3)C1)C2)NCC1(N2CCCCC2)CCCCC1. The third kappa shape index (κ3) is 3.82. The van der Waals surface area contributed by atoms with Gasteiger partial charge in [-0.2, -0.15) is 0 Å². The van der Waals surface area contributed by atoms with Gasteiger partial charge in [-0.1, -0.05) is 41.6 Å². The van der Waals surface area contributed by atoms with Crippen molar-refractivity contribution in [3.63, 3.8) is 0 Å². The van der Waals surface area contributed by atoms with E-state index in [1.165, 1.54) is 103 Å². The lowest BCUT2D eigenvalue weighted by molar-refractivity contribution is -0.129. The van der Waals surface area contributed by atoms with Crippen LogP contribution in [-0.2, 0) is 4.79 Å². The van der Waals surface area contributed by atoms with Crippen LogP contribution in [0, 0.1) is 17.3 Å². The fourth-order valence-electron chi connectivity index (χ4n) is 8.39. The second-order valence-electron chi connectivity index (χ2n) is 11.4. The van der Waals surface area contributed by atoms with Crippen LogP contribution in [0.4, 0.5) is 0 Å². The van der Waals surface area contributed by atoms with Crippen LogP contribution in [0.25, 0.3) is 0 Å². The molecule has 1 N–H and O–H groups in total. The summed E-state index contributed by atoms with van der Waals surface area (Å²) in [6.45, 7) is 3.39. The predicted molar refractivity (Wildman–Crippen MR) is 118 cm³/mol. The van der Waals surface area contributed by atoms with E-state index in [0.29, 0.717) is 15.6 Å². The molecule has 1 heterocycles. The number of hydrogen-bond donors (Lipinski definition) is 1. The van der Waals surface area contributed by atoms with Crippen LogP contribution in [-0.4, -0.2) is 40.3 Å². The second-order valence-corrected chi connectivity index (χ2v) is 13.1. The van der Waals surface area contributed by atoms with Gasteiger partial charge in [0.1, 0.15) is 0 Å². The van der Waals surface area contributed by atoms with Gasteiger partial charge >= 0.3 is 0 Å². The number of nitrogens with zero attached hydrogens (tertiary/aromatic N) is 1. The summed E-state index contributed by atoms with van der Waals surface area (Å²) in [5.74, 6) is 2.08. The predicted octanol–water partition coefficient (Wildman–Crippen LogP) is 5.42. The van der Waals surface area contributed by atoms with Crippen molar-refractivity contribution in [3.8, 4) is 0 Å². The van der Waals surface area contributed by atoms with E-state index >= 15 is 0 Å². The molecule has 4 bridgehead atoms. The van der Waals surface area contributed by atoms with Gasteiger partial charge in [0.15, 0.2) is 0 Å². The molecule has 6 rings (SSSR count). The molecule has 0 aromatic rings. The molecule has 158 valence electrons. The van der Waals surface area contributed by atoms with E-state index in [1.807, 2.05) is 0 Å². The molecule has 0 unspecified atom stereocenters. The van der Waals surface area contributed by atoms with Crippen molar-refractivity contribution >= 4 is 21.8 Å². The van der Waals surface area contributed by atoms with Crippen molar-refractivity contribution in [3.05, 3.63) is 0 Å². The Morgan fingerprint density at radius 3 is 2.21 bits per heavy atom. The van der Waals surface area contributed by atoms with Crippen LogP contribution in [0.15, 0.2) is 0 Å². The molecule has 0 aromatic carbocycles. The molecule has 1 aliphatic heterocycles. The van der Waals surface area contributed by atoms with Crippen molar-refractivity contribution in [2.45, 2.75) is 106 Å². The lowest BCUT2D eigenvalue weighted by Crippen LogP contribution is -2.59. The molecule has 4 heteroatoms. The molecule has 1 amide bonds. The third-order valence-electron chi connectivity index (χ3n) is 9.07. The fraction of sp³-hybridized carbons (Fsp3) is 0.958. The molecule has 2 atom stereocenters. The number of carbonyl (C=O) groups is 1. The van der Waals surface area contributed by atoms with Gasteiger partial charge in [-0.3, -0.25) is 9.69 Å². The van der Waals surface area contributed by atoms with E-state index in [1.54, 1.807) is 0 Å². The standard InChI is InChI=1S/C24H39BrN2O/c25-23-14-19-11-20(15-23)13-22(12-19,17-23)16-21(28)26-18-24(7-3-1-4-8-24)27-9-5-2-6-10-27/h19-20H,1-18H2,(H,26,28)/t19-,20-,22?,23?/m1/s1. The Bertz CT molecular complexity index is 579. The zero-order valence-electron chi connectivity index (χ0n) is 17.6. The Hall–Kier alpha value is -0.0900. The van der Waals surface area contributed by atoms with E-state index in [-0.39, 0.29) is 5.54 Å². The molecule has 0 aromatic heterocycles.